The fraction of sp³-hybridized carbons (Fsp3) is 0.235. The molecule has 0 saturated heterocycles. The summed E-state index contributed by atoms with van der Waals surface area (Å²) in [7, 11) is 0. The van der Waals surface area contributed by atoms with Gasteiger partial charge < -0.3 is 5.32 Å². The number of rotatable bonds is 4. The summed E-state index contributed by atoms with van der Waals surface area (Å²) in [5, 5.41) is 2.95. The molecule has 20 heavy (non-hydrogen) atoms. The minimum Gasteiger partial charge on any atom is -0.325 e. The third-order valence-electron chi connectivity index (χ3n) is 3.23. The average Bonchev–Trinajstić information content (AvgIpc) is 2.43. The number of aryl methyl sites for hydroxylation is 3. The van der Waals surface area contributed by atoms with Gasteiger partial charge in [0.2, 0.25) is 5.91 Å². The van der Waals surface area contributed by atoms with Crippen LogP contribution in [0.3, 0.4) is 0 Å². The third kappa shape index (κ3) is 3.94. The monoisotopic (exact) mass is 331 g/mol. The largest absolute Gasteiger partial charge is 0.325 e. The van der Waals surface area contributed by atoms with Gasteiger partial charge in [0, 0.05) is 10.9 Å². The molecule has 0 fully saturated rings. The molecule has 0 saturated carbocycles. The summed E-state index contributed by atoms with van der Waals surface area (Å²) in [6.45, 7) is 4.07. The summed E-state index contributed by atoms with van der Waals surface area (Å²) in [6.07, 6.45) is 1.25. The Kier molecular flexibility index (Phi) is 4.96. The number of hydrogen-bond acceptors (Lipinski definition) is 1. The summed E-state index contributed by atoms with van der Waals surface area (Å²) in [5.41, 5.74) is 4.37. The van der Waals surface area contributed by atoms with Crippen LogP contribution >= 0.6 is 15.9 Å². The molecule has 0 atom stereocenters. The molecule has 2 nitrogen and oxygen atoms in total. The van der Waals surface area contributed by atoms with Crippen molar-refractivity contribution >= 4 is 27.5 Å². The predicted molar refractivity (Wildman–Crippen MR) is 87.0 cm³/mol. The normalized spacial score (nSPS) is 10.3. The van der Waals surface area contributed by atoms with E-state index in [-0.39, 0.29) is 5.91 Å². The van der Waals surface area contributed by atoms with E-state index < -0.39 is 0 Å². The van der Waals surface area contributed by atoms with Crippen molar-refractivity contribution in [2.45, 2.75) is 26.7 Å². The van der Waals surface area contributed by atoms with Crippen LogP contribution in [0.25, 0.3) is 0 Å². The average molecular weight is 332 g/mol. The van der Waals surface area contributed by atoms with Crippen molar-refractivity contribution in [3.63, 3.8) is 0 Å². The highest BCUT2D eigenvalue weighted by Gasteiger charge is 2.07. The fourth-order valence-corrected chi connectivity index (χ4v) is 2.33. The van der Waals surface area contributed by atoms with Crippen LogP contribution in [0.4, 0.5) is 5.69 Å². The Hall–Kier alpha value is -1.61. The number of benzene rings is 2. The van der Waals surface area contributed by atoms with E-state index >= 15 is 0 Å². The van der Waals surface area contributed by atoms with Crippen molar-refractivity contribution in [1.29, 1.82) is 0 Å². The highest BCUT2D eigenvalue weighted by molar-refractivity contribution is 9.10. The van der Waals surface area contributed by atoms with Crippen LogP contribution in [0.5, 0.6) is 0 Å². The van der Waals surface area contributed by atoms with Gasteiger partial charge in [-0.1, -0.05) is 42.0 Å². The van der Waals surface area contributed by atoms with Crippen molar-refractivity contribution in [2.24, 2.45) is 0 Å². The minimum absolute atomic E-state index is 0.0388. The van der Waals surface area contributed by atoms with Crippen molar-refractivity contribution < 1.29 is 4.79 Å². The van der Waals surface area contributed by atoms with Crippen LogP contribution in [-0.4, -0.2) is 5.91 Å². The molecule has 0 spiro atoms. The first kappa shape index (κ1) is 14.8. The predicted octanol–water partition coefficient (Wildman–Crippen LogP) is 4.64. The van der Waals surface area contributed by atoms with Gasteiger partial charge in [-0.3, -0.25) is 4.79 Å². The molecule has 2 aromatic carbocycles. The Morgan fingerprint density at radius 1 is 1.10 bits per heavy atom. The molecule has 0 radical (unpaired) electrons. The second-order valence-electron chi connectivity index (χ2n) is 4.97. The lowest BCUT2D eigenvalue weighted by Crippen LogP contribution is -2.12. The molecule has 1 N–H and O–H groups in total. The Balaban J connectivity index is 1.92. The lowest BCUT2D eigenvalue weighted by Gasteiger charge is -2.09. The van der Waals surface area contributed by atoms with Gasteiger partial charge in [-0.2, -0.15) is 0 Å². The van der Waals surface area contributed by atoms with Crippen LogP contribution in [0.15, 0.2) is 46.9 Å². The Bertz CT molecular complexity index is 605. The van der Waals surface area contributed by atoms with Crippen LogP contribution in [0.2, 0.25) is 0 Å². The number of carbonyl (C=O) groups excluding carboxylic acids is 1. The molecule has 0 aliphatic carbocycles. The second kappa shape index (κ2) is 6.71. The van der Waals surface area contributed by atoms with Gasteiger partial charge >= 0.3 is 0 Å². The van der Waals surface area contributed by atoms with E-state index in [2.05, 4.69) is 52.4 Å². The van der Waals surface area contributed by atoms with Gasteiger partial charge in [0.25, 0.3) is 0 Å². The smallest absolute Gasteiger partial charge is 0.224 e. The first-order valence-electron chi connectivity index (χ1n) is 6.67. The quantitative estimate of drug-likeness (QED) is 0.868. The van der Waals surface area contributed by atoms with Crippen LogP contribution in [0, 0.1) is 13.8 Å². The molecule has 2 aromatic rings. The van der Waals surface area contributed by atoms with Gasteiger partial charge in [0.1, 0.15) is 0 Å². The molecule has 2 rings (SSSR count). The van der Waals surface area contributed by atoms with Crippen molar-refractivity contribution in [3.05, 3.63) is 63.6 Å². The van der Waals surface area contributed by atoms with Crippen LogP contribution < -0.4 is 5.32 Å². The molecule has 0 unspecified atom stereocenters. The lowest BCUT2D eigenvalue weighted by molar-refractivity contribution is -0.116. The van der Waals surface area contributed by atoms with Crippen molar-refractivity contribution in [3.8, 4) is 0 Å². The molecule has 3 heteroatoms. The molecule has 0 aromatic heterocycles. The van der Waals surface area contributed by atoms with Gasteiger partial charge in [0.15, 0.2) is 0 Å². The molecule has 0 aliphatic heterocycles. The van der Waals surface area contributed by atoms with Crippen LogP contribution in [0.1, 0.15) is 23.1 Å². The third-order valence-corrected chi connectivity index (χ3v) is 4.28. The fourth-order valence-electron chi connectivity index (χ4n) is 1.97. The maximum atomic E-state index is 12.0. The van der Waals surface area contributed by atoms with E-state index in [0.717, 1.165) is 22.1 Å². The Labute approximate surface area is 128 Å². The van der Waals surface area contributed by atoms with E-state index in [1.54, 1.807) is 0 Å². The van der Waals surface area contributed by atoms with E-state index in [9.17, 15) is 4.79 Å². The summed E-state index contributed by atoms with van der Waals surface area (Å²) in [6, 6.07) is 14.1. The van der Waals surface area contributed by atoms with E-state index in [0.29, 0.717) is 6.42 Å². The molecular weight excluding hydrogens is 314 g/mol. The number of nitrogens with one attached hydrogen (secondary N) is 1. The van der Waals surface area contributed by atoms with Crippen molar-refractivity contribution in [2.75, 3.05) is 5.32 Å². The van der Waals surface area contributed by atoms with E-state index in [4.69, 9.17) is 0 Å². The Morgan fingerprint density at radius 2 is 1.80 bits per heavy atom. The standard InChI is InChI=1S/C17H18BrNO/c1-12-6-8-14(9-7-12)10-11-16(20)19-15-5-3-4-13(2)17(15)18/h3-9H,10-11H2,1-2H3,(H,19,20). The van der Waals surface area contributed by atoms with E-state index in [1.807, 2.05) is 25.1 Å². The zero-order valence-electron chi connectivity index (χ0n) is 11.7. The zero-order valence-corrected chi connectivity index (χ0v) is 13.3. The topological polar surface area (TPSA) is 29.1 Å². The van der Waals surface area contributed by atoms with Gasteiger partial charge in [0.05, 0.1) is 5.69 Å². The zero-order chi connectivity index (χ0) is 14.5. The first-order chi connectivity index (χ1) is 9.56. The number of hydrogen-bond donors (Lipinski definition) is 1. The maximum Gasteiger partial charge on any atom is 0.224 e. The molecule has 0 aliphatic rings. The Morgan fingerprint density at radius 3 is 2.50 bits per heavy atom. The first-order valence-corrected chi connectivity index (χ1v) is 7.46. The van der Waals surface area contributed by atoms with Crippen LogP contribution in [-0.2, 0) is 11.2 Å². The SMILES string of the molecule is Cc1ccc(CCC(=O)Nc2cccc(C)c2Br)cc1. The summed E-state index contributed by atoms with van der Waals surface area (Å²) < 4.78 is 0.948. The number of anilines is 1. The number of halogens is 1. The van der Waals surface area contributed by atoms with Crippen molar-refractivity contribution in [1.82, 2.24) is 0 Å². The van der Waals surface area contributed by atoms with E-state index in [1.165, 1.54) is 11.1 Å². The summed E-state index contributed by atoms with van der Waals surface area (Å²) in [5.74, 6) is 0.0388. The summed E-state index contributed by atoms with van der Waals surface area (Å²) >= 11 is 3.50. The second-order valence-corrected chi connectivity index (χ2v) is 5.76. The summed E-state index contributed by atoms with van der Waals surface area (Å²) in [4.78, 5) is 12.0. The van der Waals surface area contributed by atoms with Gasteiger partial charge in [-0.15, -0.1) is 0 Å². The highest BCUT2D eigenvalue weighted by Crippen LogP contribution is 2.25. The molecule has 0 bridgehead atoms. The lowest BCUT2D eigenvalue weighted by atomic mass is 10.1. The number of amides is 1. The van der Waals surface area contributed by atoms with Gasteiger partial charge in [-0.25, -0.2) is 0 Å². The molecular formula is C17H18BrNO. The molecule has 104 valence electrons. The minimum atomic E-state index is 0.0388. The number of carbonyl (C=O) groups is 1. The maximum absolute atomic E-state index is 12.0. The molecule has 0 heterocycles. The van der Waals surface area contributed by atoms with Gasteiger partial charge in [-0.05, 0) is 53.4 Å². The highest BCUT2D eigenvalue weighted by atomic mass is 79.9. The molecule has 1 amide bonds.